The number of unbranched alkanes of at least 4 members (excludes halogenated alkanes) is 2. The van der Waals surface area contributed by atoms with Crippen LogP contribution in [0.15, 0.2) is 0 Å². The highest BCUT2D eigenvalue weighted by molar-refractivity contribution is 5.67. The number of hydrogen-bond donors (Lipinski definition) is 6. The van der Waals surface area contributed by atoms with E-state index >= 15 is 0 Å². The molecule has 0 aliphatic heterocycles. The molecule has 8 heteroatoms. The monoisotopic (exact) mass is 326 g/mol. The first-order valence-electron chi connectivity index (χ1n) is 7.20. The van der Waals surface area contributed by atoms with Crippen molar-refractivity contribution in [2.75, 3.05) is 13.2 Å². The third kappa shape index (κ3) is 36.3. The van der Waals surface area contributed by atoms with Crippen LogP contribution < -0.4 is 0 Å². The molecule has 0 spiro atoms. The molecule has 0 heterocycles. The summed E-state index contributed by atoms with van der Waals surface area (Å²) in [5.41, 5.74) is 0. The molecule has 8 nitrogen and oxygen atoms in total. The zero-order chi connectivity index (χ0) is 18.0. The molecular weight excluding hydrogens is 296 g/mol. The van der Waals surface area contributed by atoms with E-state index in [0.717, 1.165) is 12.8 Å². The summed E-state index contributed by atoms with van der Waals surface area (Å²) in [7, 11) is 0. The zero-order valence-corrected chi connectivity index (χ0v) is 13.3. The fourth-order valence-corrected chi connectivity index (χ4v) is 0.776. The van der Waals surface area contributed by atoms with Crippen LogP contribution >= 0.6 is 0 Å². The van der Waals surface area contributed by atoms with Crippen molar-refractivity contribution >= 4 is 11.9 Å². The van der Waals surface area contributed by atoms with Gasteiger partial charge in [0.1, 0.15) is 0 Å². The van der Waals surface area contributed by atoms with E-state index in [4.69, 9.17) is 30.6 Å². The molecule has 0 aromatic rings. The van der Waals surface area contributed by atoms with E-state index in [1.165, 1.54) is 0 Å². The minimum absolute atomic E-state index is 0.0628. The quantitative estimate of drug-likeness (QED) is 0.328. The summed E-state index contributed by atoms with van der Waals surface area (Å²) in [6, 6.07) is 0. The summed E-state index contributed by atoms with van der Waals surface area (Å²) in [5.74, 6) is -1.74. The van der Waals surface area contributed by atoms with E-state index in [1.807, 2.05) is 0 Å². The first-order valence-corrected chi connectivity index (χ1v) is 7.20. The molecule has 0 bridgehead atoms. The predicted octanol–water partition coefficient (Wildman–Crippen LogP) is 0.215. The van der Waals surface area contributed by atoms with Gasteiger partial charge < -0.3 is 30.6 Å². The van der Waals surface area contributed by atoms with Crippen molar-refractivity contribution in [1.29, 1.82) is 0 Å². The minimum atomic E-state index is -0.870. The van der Waals surface area contributed by atoms with Crippen LogP contribution in [0, 0.1) is 0 Å². The van der Waals surface area contributed by atoms with Crippen LogP contribution in [0.5, 0.6) is 0 Å². The highest BCUT2D eigenvalue weighted by atomic mass is 16.4. The third-order valence-corrected chi connectivity index (χ3v) is 2.30. The van der Waals surface area contributed by atoms with E-state index in [0.29, 0.717) is 12.8 Å². The molecule has 0 rings (SSSR count). The molecule has 0 aromatic heterocycles. The van der Waals surface area contributed by atoms with Gasteiger partial charge in [-0.2, -0.15) is 0 Å². The summed E-state index contributed by atoms with van der Waals surface area (Å²) in [6.07, 6.45) is 1.27. The largest absolute Gasteiger partial charge is 0.481 e. The molecule has 134 valence electrons. The lowest BCUT2D eigenvalue weighted by Gasteiger charge is -2.03. The van der Waals surface area contributed by atoms with Gasteiger partial charge in [-0.25, -0.2) is 0 Å². The summed E-state index contributed by atoms with van der Waals surface area (Å²) in [6.45, 7) is 3.48. The maximum Gasteiger partial charge on any atom is 0.303 e. The Hall–Kier alpha value is -1.22. The molecule has 0 saturated carbocycles. The zero-order valence-electron chi connectivity index (χ0n) is 13.3. The molecule has 0 aromatic carbocycles. The molecule has 2 atom stereocenters. The second-order valence-corrected chi connectivity index (χ2v) is 4.63. The average Bonchev–Trinajstić information content (AvgIpc) is 2.42. The van der Waals surface area contributed by atoms with Gasteiger partial charge in [-0.3, -0.25) is 9.59 Å². The second kappa shape index (κ2) is 19.8. The molecular formula is C14H30O8. The number of carboxylic acids is 2. The Morgan fingerprint density at radius 1 is 0.727 bits per heavy atom. The standard InChI is InChI=1S/C6H10O4.2C4H10O2/c7-5(8)3-1-2-4-6(9)10;1-3(5)4(2)6;5-3-1-2-4-6/h1-4H2,(H,7,8)(H,9,10);3-6H,1-2H3;5-6H,1-4H2. The van der Waals surface area contributed by atoms with Gasteiger partial charge in [-0.05, 0) is 39.5 Å². The van der Waals surface area contributed by atoms with Crippen LogP contribution in [-0.2, 0) is 9.59 Å². The maximum absolute atomic E-state index is 9.90. The Balaban J connectivity index is -0.000000261. The van der Waals surface area contributed by atoms with Gasteiger partial charge in [0.15, 0.2) is 0 Å². The van der Waals surface area contributed by atoms with Crippen molar-refractivity contribution in [2.24, 2.45) is 0 Å². The number of hydrogen-bond acceptors (Lipinski definition) is 6. The lowest BCUT2D eigenvalue weighted by molar-refractivity contribution is -0.139. The number of aliphatic carboxylic acids is 2. The van der Waals surface area contributed by atoms with Gasteiger partial charge in [0.05, 0.1) is 12.2 Å². The van der Waals surface area contributed by atoms with E-state index in [-0.39, 0.29) is 26.1 Å². The highest BCUT2D eigenvalue weighted by Gasteiger charge is 2.00. The lowest BCUT2D eigenvalue weighted by Crippen LogP contribution is -2.17. The first kappa shape index (κ1) is 25.7. The van der Waals surface area contributed by atoms with E-state index < -0.39 is 24.1 Å². The summed E-state index contributed by atoms with van der Waals surface area (Å²) >= 11 is 0. The average molecular weight is 326 g/mol. The number of rotatable bonds is 9. The van der Waals surface area contributed by atoms with Crippen molar-refractivity contribution in [3.8, 4) is 0 Å². The van der Waals surface area contributed by atoms with E-state index in [1.54, 1.807) is 13.8 Å². The number of aliphatic hydroxyl groups excluding tert-OH is 4. The van der Waals surface area contributed by atoms with Gasteiger partial charge in [0.25, 0.3) is 0 Å². The van der Waals surface area contributed by atoms with Crippen LogP contribution in [0.2, 0.25) is 0 Å². The van der Waals surface area contributed by atoms with Crippen molar-refractivity contribution in [1.82, 2.24) is 0 Å². The molecule has 0 saturated heterocycles. The SMILES string of the molecule is CC(O)C(C)O.O=C(O)CCCCC(=O)O.OCCCCO. The molecule has 22 heavy (non-hydrogen) atoms. The molecule has 2 unspecified atom stereocenters. The topological polar surface area (TPSA) is 156 Å². The van der Waals surface area contributed by atoms with Crippen LogP contribution in [0.4, 0.5) is 0 Å². The summed E-state index contributed by atoms with van der Waals surface area (Å²) in [5, 5.41) is 49.2. The predicted molar refractivity (Wildman–Crippen MR) is 80.5 cm³/mol. The highest BCUT2D eigenvalue weighted by Crippen LogP contribution is 1.98. The Kier molecular flexibility index (Phi) is 23.1. The number of carboxylic acid groups (broad SMARTS) is 2. The number of aliphatic hydroxyl groups is 4. The second-order valence-electron chi connectivity index (χ2n) is 4.63. The number of carbonyl (C=O) groups is 2. The maximum atomic E-state index is 9.90. The van der Waals surface area contributed by atoms with Crippen molar-refractivity contribution in [2.45, 2.75) is 64.6 Å². The molecule has 0 aliphatic rings. The van der Waals surface area contributed by atoms with Crippen LogP contribution in [0.1, 0.15) is 52.4 Å². The van der Waals surface area contributed by atoms with Crippen LogP contribution in [0.3, 0.4) is 0 Å². The normalized spacial score (nSPS) is 12.1. The van der Waals surface area contributed by atoms with Crippen LogP contribution in [-0.4, -0.2) is 68.0 Å². The van der Waals surface area contributed by atoms with Gasteiger partial charge in [0, 0.05) is 26.1 Å². The van der Waals surface area contributed by atoms with Gasteiger partial charge >= 0.3 is 11.9 Å². The first-order chi connectivity index (χ1) is 10.2. The smallest absolute Gasteiger partial charge is 0.303 e. The lowest BCUT2D eigenvalue weighted by atomic mass is 10.2. The van der Waals surface area contributed by atoms with Gasteiger partial charge in [0.2, 0.25) is 0 Å². The Morgan fingerprint density at radius 3 is 1.14 bits per heavy atom. The summed E-state index contributed by atoms with van der Waals surface area (Å²) < 4.78 is 0. The third-order valence-electron chi connectivity index (χ3n) is 2.30. The molecule has 0 amide bonds. The van der Waals surface area contributed by atoms with E-state index in [2.05, 4.69) is 0 Å². The Bertz CT molecular complexity index is 227. The van der Waals surface area contributed by atoms with Gasteiger partial charge in [-0.15, -0.1) is 0 Å². The molecule has 6 N–H and O–H groups in total. The Labute approximate surface area is 131 Å². The van der Waals surface area contributed by atoms with Crippen LogP contribution in [0.25, 0.3) is 0 Å². The van der Waals surface area contributed by atoms with Crippen molar-refractivity contribution in [3.05, 3.63) is 0 Å². The van der Waals surface area contributed by atoms with E-state index in [9.17, 15) is 9.59 Å². The minimum Gasteiger partial charge on any atom is -0.481 e. The summed E-state index contributed by atoms with van der Waals surface area (Å²) in [4.78, 5) is 19.8. The Morgan fingerprint density at radius 2 is 1.00 bits per heavy atom. The fraction of sp³-hybridized carbons (Fsp3) is 0.857. The van der Waals surface area contributed by atoms with Gasteiger partial charge in [-0.1, -0.05) is 0 Å². The molecule has 0 radical (unpaired) electrons. The molecule has 0 aliphatic carbocycles. The van der Waals surface area contributed by atoms with Crippen molar-refractivity contribution in [3.63, 3.8) is 0 Å². The van der Waals surface area contributed by atoms with Crippen molar-refractivity contribution < 1.29 is 40.2 Å². The fourth-order valence-electron chi connectivity index (χ4n) is 0.776. The molecule has 0 fully saturated rings.